The topological polar surface area (TPSA) is 66.3 Å². The minimum atomic E-state index is -0.730. The number of nitrogens with zero attached hydrogens (tertiary/aromatic N) is 3. The summed E-state index contributed by atoms with van der Waals surface area (Å²) in [7, 11) is 0. The number of aryl methyl sites for hydroxylation is 1. The standard InChI is InChI=1S/C18H20FN3O2/c1-2-15-11-16(22-8-6-12(7-9-22)18(23)24)21-17(20-15)13-4-3-5-14(19)10-13/h3-5,10-12H,2,6-9H2,1H3,(H,23,24). The van der Waals surface area contributed by atoms with E-state index in [9.17, 15) is 9.18 Å². The lowest BCUT2D eigenvalue weighted by Gasteiger charge is -2.31. The van der Waals surface area contributed by atoms with E-state index in [0.29, 0.717) is 37.3 Å². The second-order valence-corrected chi connectivity index (χ2v) is 6.00. The van der Waals surface area contributed by atoms with Crippen LogP contribution in [0.25, 0.3) is 11.4 Å². The number of benzene rings is 1. The van der Waals surface area contributed by atoms with Crippen molar-refractivity contribution in [1.82, 2.24) is 9.97 Å². The maximum Gasteiger partial charge on any atom is 0.306 e. The average Bonchev–Trinajstić information content (AvgIpc) is 2.61. The minimum absolute atomic E-state index is 0.281. The van der Waals surface area contributed by atoms with E-state index in [1.807, 2.05) is 13.0 Å². The predicted octanol–water partition coefficient (Wildman–Crippen LogP) is 3.15. The highest BCUT2D eigenvalue weighted by atomic mass is 19.1. The first-order valence-corrected chi connectivity index (χ1v) is 8.18. The van der Waals surface area contributed by atoms with Crippen LogP contribution in [0.5, 0.6) is 0 Å². The van der Waals surface area contributed by atoms with Crippen LogP contribution in [-0.2, 0) is 11.2 Å². The lowest BCUT2D eigenvalue weighted by molar-refractivity contribution is -0.142. The molecule has 6 heteroatoms. The fourth-order valence-electron chi connectivity index (χ4n) is 2.94. The number of piperidine rings is 1. The number of anilines is 1. The second-order valence-electron chi connectivity index (χ2n) is 6.00. The van der Waals surface area contributed by atoms with Gasteiger partial charge in [-0.05, 0) is 31.4 Å². The fraction of sp³-hybridized carbons (Fsp3) is 0.389. The van der Waals surface area contributed by atoms with Gasteiger partial charge < -0.3 is 10.0 Å². The Hall–Kier alpha value is -2.50. The largest absolute Gasteiger partial charge is 0.481 e. The van der Waals surface area contributed by atoms with E-state index < -0.39 is 5.97 Å². The van der Waals surface area contributed by atoms with E-state index >= 15 is 0 Å². The zero-order valence-electron chi connectivity index (χ0n) is 13.6. The second kappa shape index (κ2) is 6.95. The Labute approximate surface area is 140 Å². The van der Waals surface area contributed by atoms with Crippen molar-refractivity contribution in [3.8, 4) is 11.4 Å². The third-order valence-electron chi connectivity index (χ3n) is 4.38. The SMILES string of the molecule is CCc1cc(N2CCC(C(=O)O)CC2)nc(-c2cccc(F)c2)n1. The Morgan fingerprint density at radius 1 is 1.29 bits per heavy atom. The van der Waals surface area contributed by atoms with Crippen molar-refractivity contribution in [2.45, 2.75) is 26.2 Å². The van der Waals surface area contributed by atoms with Gasteiger partial charge in [0.15, 0.2) is 5.82 Å². The summed E-state index contributed by atoms with van der Waals surface area (Å²) in [5, 5.41) is 9.12. The van der Waals surface area contributed by atoms with Gasteiger partial charge in [-0.15, -0.1) is 0 Å². The van der Waals surface area contributed by atoms with Crippen molar-refractivity contribution in [3.63, 3.8) is 0 Å². The molecule has 1 aromatic carbocycles. The van der Waals surface area contributed by atoms with Gasteiger partial charge in [0.2, 0.25) is 0 Å². The molecular weight excluding hydrogens is 309 g/mol. The smallest absolute Gasteiger partial charge is 0.306 e. The van der Waals surface area contributed by atoms with Crippen molar-refractivity contribution >= 4 is 11.8 Å². The maximum atomic E-state index is 13.5. The first-order valence-electron chi connectivity index (χ1n) is 8.18. The summed E-state index contributed by atoms with van der Waals surface area (Å²) >= 11 is 0. The fourth-order valence-corrected chi connectivity index (χ4v) is 2.94. The summed E-state index contributed by atoms with van der Waals surface area (Å²) in [5.74, 6) is -0.0422. The summed E-state index contributed by atoms with van der Waals surface area (Å²) in [6.07, 6.45) is 1.97. The van der Waals surface area contributed by atoms with Gasteiger partial charge in [0, 0.05) is 30.4 Å². The van der Waals surface area contributed by atoms with E-state index in [1.165, 1.54) is 12.1 Å². The number of aliphatic carboxylic acids is 1. The Morgan fingerprint density at radius 2 is 2.04 bits per heavy atom. The molecule has 3 rings (SSSR count). The van der Waals surface area contributed by atoms with Crippen LogP contribution in [0.2, 0.25) is 0 Å². The highest BCUT2D eigenvalue weighted by Crippen LogP contribution is 2.25. The van der Waals surface area contributed by atoms with Crippen LogP contribution < -0.4 is 4.90 Å². The van der Waals surface area contributed by atoms with E-state index in [0.717, 1.165) is 17.9 Å². The van der Waals surface area contributed by atoms with E-state index in [2.05, 4.69) is 14.9 Å². The predicted molar refractivity (Wildman–Crippen MR) is 89.4 cm³/mol. The number of halogens is 1. The van der Waals surface area contributed by atoms with Crippen LogP contribution in [0.4, 0.5) is 10.2 Å². The van der Waals surface area contributed by atoms with Crippen LogP contribution in [-0.4, -0.2) is 34.1 Å². The highest BCUT2D eigenvalue weighted by molar-refractivity contribution is 5.70. The van der Waals surface area contributed by atoms with Gasteiger partial charge >= 0.3 is 5.97 Å². The number of aromatic nitrogens is 2. The molecule has 2 aromatic rings. The van der Waals surface area contributed by atoms with Crippen LogP contribution in [0.3, 0.4) is 0 Å². The van der Waals surface area contributed by atoms with Crippen LogP contribution in [0.1, 0.15) is 25.5 Å². The molecule has 1 aliphatic heterocycles. The molecule has 1 saturated heterocycles. The summed E-state index contributed by atoms with van der Waals surface area (Å²) in [6.45, 7) is 3.32. The van der Waals surface area contributed by atoms with Gasteiger partial charge in [-0.2, -0.15) is 0 Å². The van der Waals surface area contributed by atoms with Gasteiger partial charge in [-0.1, -0.05) is 19.1 Å². The molecule has 24 heavy (non-hydrogen) atoms. The molecule has 0 unspecified atom stereocenters. The molecule has 1 aliphatic rings. The molecule has 5 nitrogen and oxygen atoms in total. The summed E-state index contributed by atoms with van der Waals surface area (Å²) in [4.78, 5) is 22.3. The van der Waals surface area contributed by atoms with Crippen molar-refractivity contribution in [2.75, 3.05) is 18.0 Å². The average molecular weight is 329 g/mol. The van der Waals surface area contributed by atoms with E-state index in [-0.39, 0.29) is 11.7 Å². The molecular formula is C18H20FN3O2. The Kier molecular flexibility index (Phi) is 4.74. The minimum Gasteiger partial charge on any atom is -0.481 e. The summed E-state index contributed by atoms with van der Waals surface area (Å²) in [5.41, 5.74) is 1.53. The molecule has 0 atom stereocenters. The lowest BCUT2D eigenvalue weighted by Crippen LogP contribution is -2.37. The maximum absolute atomic E-state index is 13.5. The number of hydrogen-bond donors (Lipinski definition) is 1. The first-order chi connectivity index (χ1) is 11.6. The third-order valence-corrected chi connectivity index (χ3v) is 4.38. The van der Waals surface area contributed by atoms with Crippen LogP contribution in [0, 0.1) is 11.7 Å². The van der Waals surface area contributed by atoms with Gasteiger partial charge in [-0.3, -0.25) is 4.79 Å². The number of carboxylic acid groups (broad SMARTS) is 1. The summed E-state index contributed by atoms with van der Waals surface area (Å²) < 4.78 is 13.5. The first kappa shape index (κ1) is 16.4. The lowest BCUT2D eigenvalue weighted by atomic mass is 9.97. The summed E-state index contributed by atoms with van der Waals surface area (Å²) in [6, 6.07) is 8.19. The number of rotatable bonds is 4. The van der Waals surface area contributed by atoms with Crippen LogP contribution >= 0.6 is 0 Å². The van der Waals surface area contributed by atoms with Gasteiger partial charge in [-0.25, -0.2) is 14.4 Å². The third kappa shape index (κ3) is 3.53. The molecule has 0 spiro atoms. The zero-order chi connectivity index (χ0) is 17.1. The quantitative estimate of drug-likeness (QED) is 0.933. The van der Waals surface area contributed by atoms with Gasteiger partial charge in [0.1, 0.15) is 11.6 Å². The van der Waals surface area contributed by atoms with Crippen molar-refractivity contribution in [3.05, 3.63) is 41.8 Å². The molecule has 0 aliphatic carbocycles. The monoisotopic (exact) mass is 329 g/mol. The molecule has 1 fully saturated rings. The number of carboxylic acids is 1. The molecule has 1 N–H and O–H groups in total. The Balaban J connectivity index is 1.89. The molecule has 126 valence electrons. The number of hydrogen-bond acceptors (Lipinski definition) is 4. The molecule has 1 aromatic heterocycles. The van der Waals surface area contributed by atoms with Crippen molar-refractivity contribution in [2.24, 2.45) is 5.92 Å². The van der Waals surface area contributed by atoms with Crippen molar-refractivity contribution in [1.29, 1.82) is 0 Å². The van der Waals surface area contributed by atoms with Crippen LogP contribution in [0.15, 0.2) is 30.3 Å². The molecule has 0 radical (unpaired) electrons. The Morgan fingerprint density at radius 3 is 2.67 bits per heavy atom. The van der Waals surface area contributed by atoms with Gasteiger partial charge in [0.25, 0.3) is 0 Å². The number of carbonyl (C=O) groups is 1. The molecule has 0 amide bonds. The van der Waals surface area contributed by atoms with Crippen molar-refractivity contribution < 1.29 is 14.3 Å². The Bertz CT molecular complexity index is 743. The van der Waals surface area contributed by atoms with E-state index in [1.54, 1.807) is 12.1 Å². The normalized spacial score (nSPS) is 15.5. The zero-order valence-corrected chi connectivity index (χ0v) is 13.6. The molecule has 2 heterocycles. The van der Waals surface area contributed by atoms with Gasteiger partial charge in [0.05, 0.1) is 5.92 Å². The molecule has 0 saturated carbocycles. The molecule has 0 bridgehead atoms. The van der Waals surface area contributed by atoms with E-state index in [4.69, 9.17) is 5.11 Å². The highest BCUT2D eigenvalue weighted by Gasteiger charge is 2.25.